The standard InChI is InChI=1S/C15H20BrClN2/c1-15(11-3-4-11)10-19(8-2-7-18-15)14-6-5-12(17)9-13(14)16/h5-6,9,11,18H,2-4,7-8,10H2,1H3. The predicted molar refractivity (Wildman–Crippen MR) is 85.1 cm³/mol. The molecule has 1 aliphatic carbocycles. The number of benzene rings is 1. The molecule has 2 fully saturated rings. The summed E-state index contributed by atoms with van der Waals surface area (Å²) < 4.78 is 1.10. The van der Waals surface area contributed by atoms with Gasteiger partial charge in [0.2, 0.25) is 0 Å². The summed E-state index contributed by atoms with van der Waals surface area (Å²) in [5, 5.41) is 4.55. The Hall–Kier alpha value is -0.250. The highest BCUT2D eigenvalue weighted by Crippen LogP contribution is 2.42. The molecule has 0 spiro atoms. The molecule has 3 rings (SSSR count). The van der Waals surface area contributed by atoms with Gasteiger partial charge in [-0.3, -0.25) is 0 Å². The van der Waals surface area contributed by atoms with Gasteiger partial charge in [0.05, 0.1) is 5.69 Å². The first kappa shape index (κ1) is 13.7. The van der Waals surface area contributed by atoms with Gasteiger partial charge in [0, 0.05) is 28.1 Å². The number of halogens is 2. The van der Waals surface area contributed by atoms with E-state index in [0.29, 0.717) is 0 Å². The highest BCUT2D eigenvalue weighted by molar-refractivity contribution is 9.10. The summed E-state index contributed by atoms with van der Waals surface area (Å²) in [7, 11) is 0. The lowest BCUT2D eigenvalue weighted by atomic mass is 9.95. The van der Waals surface area contributed by atoms with Crippen LogP contribution in [0.1, 0.15) is 26.2 Å². The van der Waals surface area contributed by atoms with Crippen molar-refractivity contribution in [1.29, 1.82) is 0 Å². The van der Waals surface area contributed by atoms with E-state index in [4.69, 9.17) is 11.6 Å². The van der Waals surface area contributed by atoms with Gasteiger partial charge in [-0.05, 0) is 72.8 Å². The van der Waals surface area contributed by atoms with Gasteiger partial charge in [-0.1, -0.05) is 11.6 Å². The van der Waals surface area contributed by atoms with Gasteiger partial charge in [0.25, 0.3) is 0 Å². The Kier molecular flexibility index (Phi) is 3.80. The van der Waals surface area contributed by atoms with Crippen molar-refractivity contribution in [3.05, 3.63) is 27.7 Å². The molecule has 0 aromatic heterocycles. The maximum atomic E-state index is 6.04. The van der Waals surface area contributed by atoms with Gasteiger partial charge in [-0.25, -0.2) is 0 Å². The van der Waals surface area contributed by atoms with E-state index < -0.39 is 0 Å². The van der Waals surface area contributed by atoms with Gasteiger partial charge in [-0.2, -0.15) is 0 Å². The minimum absolute atomic E-state index is 0.260. The third kappa shape index (κ3) is 2.93. The molecule has 0 amide bonds. The molecule has 0 bridgehead atoms. The van der Waals surface area contributed by atoms with Crippen molar-refractivity contribution in [3.8, 4) is 0 Å². The summed E-state index contributed by atoms with van der Waals surface area (Å²) in [5.74, 6) is 0.846. The molecular weight excluding hydrogens is 324 g/mol. The number of hydrogen-bond acceptors (Lipinski definition) is 2. The van der Waals surface area contributed by atoms with E-state index in [0.717, 1.165) is 35.0 Å². The zero-order valence-electron chi connectivity index (χ0n) is 11.3. The van der Waals surface area contributed by atoms with Crippen LogP contribution < -0.4 is 10.2 Å². The van der Waals surface area contributed by atoms with E-state index in [-0.39, 0.29) is 5.54 Å². The summed E-state index contributed by atoms with van der Waals surface area (Å²) in [6.45, 7) is 5.69. The second-order valence-corrected chi connectivity index (χ2v) is 7.28. The monoisotopic (exact) mass is 342 g/mol. The number of rotatable bonds is 2. The Bertz CT molecular complexity index is 475. The van der Waals surface area contributed by atoms with Crippen molar-refractivity contribution in [2.24, 2.45) is 5.92 Å². The van der Waals surface area contributed by atoms with E-state index in [1.165, 1.54) is 24.9 Å². The molecule has 1 saturated heterocycles. The summed E-state index contributed by atoms with van der Waals surface area (Å²) in [5.41, 5.74) is 1.52. The van der Waals surface area contributed by atoms with Crippen LogP contribution in [0.3, 0.4) is 0 Å². The molecule has 1 N–H and O–H groups in total. The summed E-state index contributed by atoms with van der Waals surface area (Å²) >= 11 is 9.70. The number of hydrogen-bond donors (Lipinski definition) is 1. The van der Waals surface area contributed by atoms with Crippen LogP contribution in [-0.4, -0.2) is 25.2 Å². The fourth-order valence-corrected chi connectivity index (χ4v) is 4.05. The largest absolute Gasteiger partial charge is 0.369 e. The average Bonchev–Trinajstić information content (AvgIpc) is 3.16. The molecule has 1 aromatic rings. The number of anilines is 1. The minimum Gasteiger partial charge on any atom is -0.369 e. The second kappa shape index (κ2) is 5.27. The third-order valence-electron chi connectivity index (χ3n) is 4.38. The van der Waals surface area contributed by atoms with Crippen LogP contribution in [0.5, 0.6) is 0 Å². The topological polar surface area (TPSA) is 15.3 Å². The van der Waals surface area contributed by atoms with Crippen molar-refractivity contribution in [2.45, 2.75) is 31.7 Å². The van der Waals surface area contributed by atoms with E-state index >= 15 is 0 Å². The van der Waals surface area contributed by atoms with Crippen molar-refractivity contribution < 1.29 is 0 Å². The summed E-state index contributed by atoms with van der Waals surface area (Å²) in [4.78, 5) is 2.50. The Morgan fingerprint density at radius 3 is 2.89 bits per heavy atom. The van der Waals surface area contributed by atoms with Crippen molar-refractivity contribution in [2.75, 3.05) is 24.5 Å². The molecule has 1 atom stereocenters. The Morgan fingerprint density at radius 1 is 1.42 bits per heavy atom. The normalized spacial score (nSPS) is 28.3. The molecule has 2 nitrogen and oxygen atoms in total. The average molecular weight is 344 g/mol. The molecule has 104 valence electrons. The SMILES string of the molecule is CC1(C2CC2)CN(c2ccc(Cl)cc2Br)CCCN1. The molecular formula is C15H20BrClN2. The first-order valence-electron chi connectivity index (χ1n) is 7.03. The Labute approximate surface area is 128 Å². The molecule has 1 aliphatic heterocycles. The van der Waals surface area contributed by atoms with Gasteiger partial charge in [-0.15, -0.1) is 0 Å². The maximum absolute atomic E-state index is 6.04. The van der Waals surface area contributed by atoms with Crippen molar-refractivity contribution in [3.63, 3.8) is 0 Å². The summed E-state index contributed by atoms with van der Waals surface area (Å²) in [6.07, 6.45) is 3.94. The lowest BCUT2D eigenvalue weighted by molar-refractivity contribution is 0.331. The molecule has 19 heavy (non-hydrogen) atoms. The molecule has 4 heteroatoms. The highest BCUT2D eigenvalue weighted by atomic mass is 79.9. The maximum Gasteiger partial charge on any atom is 0.0512 e. The number of nitrogens with one attached hydrogen (secondary N) is 1. The van der Waals surface area contributed by atoms with Crippen LogP contribution in [0.15, 0.2) is 22.7 Å². The van der Waals surface area contributed by atoms with Crippen LogP contribution in [0.2, 0.25) is 5.02 Å². The zero-order valence-corrected chi connectivity index (χ0v) is 13.6. The van der Waals surface area contributed by atoms with Crippen LogP contribution in [0.25, 0.3) is 0 Å². The lowest BCUT2D eigenvalue weighted by Crippen LogP contribution is -2.51. The van der Waals surface area contributed by atoms with Gasteiger partial charge < -0.3 is 10.2 Å². The lowest BCUT2D eigenvalue weighted by Gasteiger charge is -2.35. The predicted octanol–water partition coefficient (Wildman–Crippen LogP) is 4.07. The van der Waals surface area contributed by atoms with Crippen LogP contribution >= 0.6 is 27.5 Å². The van der Waals surface area contributed by atoms with Gasteiger partial charge in [0.15, 0.2) is 0 Å². The van der Waals surface area contributed by atoms with Gasteiger partial charge in [0.1, 0.15) is 0 Å². The molecule has 1 heterocycles. The van der Waals surface area contributed by atoms with Crippen molar-refractivity contribution >= 4 is 33.2 Å². The van der Waals surface area contributed by atoms with E-state index in [9.17, 15) is 0 Å². The second-order valence-electron chi connectivity index (χ2n) is 5.99. The fraction of sp³-hybridized carbons (Fsp3) is 0.600. The summed E-state index contributed by atoms with van der Waals surface area (Å²) in [6, 6.07) is 6.10. The molecule has 1 unspecified atom stereocenters. The van der Waals surface area contributed by atoms with Crippen LogP contribution in [0, 0.1) is 5.92 Å². The fourth-order valence-electron chi connectivity index (χ4n) is 3.11. The third-order valence-corrected chi connectivity index (χ3v) is 5.25. The van der Waals surface area contributed by atoms with E-state index in [1.54, 1.807) is 0 Å². The first-order chi connectivity index (χ1) is 9.08. The van der Waals surface area contributed by atoms with Crippen LogP contribution in [-0.2, 0) is 0 Å². The highest BCUT2D eigenvalue weighted by Gasteiger charge is 2.43. The van der Waals surface area contributed by atoms with E-state index in [2.05, 4.69) is 39.1 Å². The quantitative estimate of drug-likeness (QED) is 0.871. The van der Waals surface area contributed by atoms with Crippen LogP contribution in [0.4, 0.5) is 5.69 Å². The van der Waals surface area contributed by atoms with Crippen molar-refractivity contribution in [1.82, 2.24) is 5.32 Å². The molecule has 0 radical (unpaired) electrons. The van der Waals surface area contributed by atoms with Gasteiger partial charge >= 0.3 is 0 Å². The van der Waals surface area contributed by atoms with E-state index in [1.807, 2.05) is 12.1 Å². The number of nitrogens with zero attached hydrogens (tertiary/aromatic N) is 1. The zero-order chi connectivity index (χ0) is 13.5. The molecule has 1 saturated carbocycles. The molecule has 2 aliphatic rings. The first-order valence-corrected chi connectivity index (χ1v) is 8.21. The Balaban J connectivity index is 1.86. The molecule has 1 aromatic carbocycles. The Morgan fingerprint density at radius 2 is 2.21 bits per heavy atom. The smallest absolute Gasteiger partial charge is 0.0512 e. The minimum atomic E-state index is 0.260.